The van der Waals surface area contributed by atoms with Gasteiger partial charge in [-0.25, -0.2) is 0 Å². The third kappa shape index (κ3) is 3.98. The number of halogens is 1. The number of rotatable bonds is 5. The maximum atomic E-state index is 12.2. The van der Waals surface area contributed by atoms with Crippen molar-refractivity contribution >= 4 is 29.3 Å². The Morgan fingerprint density at radius 1 is 1.18 bits per heavy atom. The van der Waals surface area contributed by atoms with Crippen LogP contribution in [0.25, 0.3) is 0 Å². The van der Waals surface area contributed by atoms with Gasteiger partial charge in [0.15, 0.2) is 0 Å². The Morgan fingerprint density at radius 2 is 2.00 bits per heavy atom. The number of piperidine rings is 1. The van der Waals surface area contributed by atoms with Crippen LogP contribution in [0.5, 0.6) is 0 Å². The van der Waals surface area contributed by atoms with E-state index in [1.807, 2.05) is 23.1 Å². The van der Waals surface area contributed by atoms with Gasteiger partial charge in [-0.2, -0.15) is 0 Å². The van der Waals surface area contributed by atoms with Crippen molar-refractivity contribution < 1.29 is 4.79 Å². The second-order valence-corrected chi connectivity index (χ2v) is 7.57. The number of thioether (sulfide) groups is 1. The number of carbonyl (C=O) groups excluding carboxylic acids is 1. The maximum Gasteiger partial charge on any atom is 0.233 e. The summed E-state index contributed by atoms with van der Waals surface area (Å²) in [6, 6.07) is 7.90. The summed E-state index contributed by atoms with van der Waals surface area (Å²) >= 11 is 7.80. The van der Waals surface area contributed by atoms with Crippen molar-refractivity contribution in [3.8, 4) is 0 Å². The van der Waals surface area contributed by atoms with Crippen molar-refractivity contribution in [1.82, 2.24) is 9.80 Å². The molecule has 1 atom stereocenters. The van der Waals surface area contributed by atoms with Gasteiger partial charge in [0, 0.05) is 11.6 Å². The fourth-order valence-electron chi connectivity index (χ4n) is 3.28. The first-order chi connectivity index (χ1) is 10.7. The van der Waals surface area contributed by atoms with Crippen LogP contribution in [0, 0.1) is 0 Å². The van der Waals surface area contributed by atoms with E-state index in [1.54, 1.807) is 11.8 Å². The van der Waals surface area contributed by atoms with Gasteiger partial charge < -0.3 is 9.80 Å². The van der Waals surface area contributed by atoms with Gasteiger partial charge in [0.25, 0.3) is 0 Å². The number of benzene rings is 1. The van der Waals surface area contributed by atoms with E-state index in [2.05, 4.69) is 11.0 Å². The second kappa shape index (κ2) is 7.71. The average molecular weight is 339 g/mol. The molecule has 3 nitrogen and oxygen atoms in total. The Labute approximate surface area is 142 Å². The molecule has 2 saturated heterocycles. The zero-order chi connectivity index (χ0) is 15.4. The van der Waals surface area contributed by atoms with Crippen LogP contribution < -0.4 is 0 Å². The van der Waals surface area contributed by atoms with E-state index in [4.69, 9.17) is 11.6 Å². The third-order valence-electron chi connectivity index (χ3n) is 4.42. The Balaban J connectivity index is 1.56. The van der Waals surface area contributed by atoms with Crippen molar-refractivity contribution in [3.05, 3.63) is 34.9 Å². The van der Waals surface area contributed by atoms with Crippen LogP contribution in [0.15, 0.2) is 24.3 Å². The number of amides is 1. The minimum atomic E-state index is 0.132. The van der Waals surface area contributed by atoms with Gasteiger partial charge in [0.1, 0.15) is 5.37 Å². The van der Waals surface area contributed by atoms with Gasteiger partial charge >= 0.3 is 0 Å². The molecule has 1 unspecified atom stereocenters. The lowest BCUT2D eigenvalue weighted by Crippen LogP contribution is -2.34. The number of hydrogen-bond acceptors (Lipinski definition) is 3. The van der Waals surface area contributed by atoms with Crippen LogP contribution in [0.3, 0.4) is 0 Å². The largest absolute Gasteiger partial charge is 0.326 e. The van der Waals surface area contributed by atoms with Crippen molar-refractivity contribution in [2.75, 3.05) is 31.9 Å². The highest BCUT2D eigenvalue weighted by Gasteiger charge is 2.32. The predicted octanol–water partition coefficient (Wildman–Crippen LogP) is 3.79. The molecular weight excluding hydrogens is 316 g/mol. The normalized spacial score (nSPS) is 23.2. The summed E-state index contributed by atoms with van der Waals surface area (Å²) in [6.45, 7) is 4.40. The number of hydrogen-bond donors (Lipinski definition) is 0. The molecule has 2 aliphatic rings. The van der Waals surface area contributed by atoms with Crippen molar-refractivity contribution in [2.24, 2.45) is 0 Å². The van der Waals surface area contributed by atoms with Crippen LogP contribution >= 0.6 is 23.4 Å². The highest BCUT2D eigenvalue weighted by molar-refractivity contribution is 8.00. The highest BCUT2D eigenvalue weighted by atomic mass is 35.5. The smallest absolute Gasteiger partial charge is 0.233 e. The van der Waals surface area contributed by atoms with Crippen LogP contribution in [0.4, 0.5) is 0 Å². The van der Waals surface area contributed by atoms with E-state index >= 15 is 0 Å². The van der Waals surface area contributed by atoms with Gasteiger partial charge in [-0.05, 0) is 56.6 Å². The fraction of sp³-hybridized carbons (Fsp3) is 0.588. The topological polar surface area (TPSA) is 23.6 Å². The Bertz CT molecular complexity index is 519. The Morgan fingerprint density at radius 3 is 2.77 bits per heavy atom. The molecule has 1 aromatic rings. The predicted molar refractivity (Wildman–Crippen MR) is 93.3 cm³/mol. The van der Waals surface area contributed by atoms with E-state index in [-0.39, 0.29) is 11.3 Å². The van der Waals surface area contributed by atoms with Crippen molar-refractivity contribution in [2.45, 2.75) is 31.1 Å². The summed E-state index contributed by atoms with van der Waals surface area (Å²) in [5.41, 5.74) is 1.14. The molecule has 0 spiro atoms. The molecule has 0 N–H and O–H groups in total. The molecular formula is C17H23ClN2OS. The van der Waals surface area contributed by atoms with Gasteiger partial charge in [-0.3, -0.25) is 4.79 Å². The molecule has 5 heteroatoms. The molecule has 22 heavy (non-hydrogen) atoms. The highest BCUT2D eigenvalue weighted by Crippen LogP contribution is 2.39. The third-order valence-corrected chi connectivity index (χ3v) is 5.92. The Hall–Kier alpha value is -0.710. The van der Waals surface area contributed by atoms with Crippen molar-refractivity contribution in [1.29, 1.82) is 0 Å². The fourth-order valence-corrected chi connectivity index (χ4v) is 4.69. The van der Waals surface area contributed by atoms with Crippen LogP contribution in [0.2, 0.25) is 5.02 Å². The monoisotopic (exact) mass is 338 g/mol. The summed E-state index contributed by atoms with van der Waals surface area (Å²) in [6.07, 6.45) is 5.07. The second-order valence-electron chi connectivity index (χ2n) is 6.06. The summed E-state index contributed by atoms with van der Waals surface area (Å²) in [4.78, 5) is 16.7. The van der Waals surface area contributed by atoms with E-state index in [0.717, 1.165) is 30.1 Å². The van der Waals surface area contributed by atoms with Gasteiger partial charge in [-0.15, -0.1) is 11.8 Å². The van der Waals surface area contributed by atoms with E-state index in [9.17, 15) is 4.79 Å². The minimum Gasteiger partial charge on any atom is -0.326 e. The first-order valence-corrected chi connectivity index (χ1v) is 9.55. The molecule has 2 fully saturated rings. The molecule has 2 heterocycles. The van der Waals surface area contributed by atoms with Crippen LogP contribution in [-0.2, 0) is 4.79 Å². The van der Waals surface area contributed by atoms with Gasteiger partial charge in [0.2, 0.25) is 5.91 Å². The molecule has 0 aromatic heterocycles. The van der Waals surface area contributed by atoms with Gasteiger partial charge in [0.05, 0.1) is 5.75 Å². The maximum absolute atomic E-state index is 12.2. The molecule has 2 aliphatic heterocycles. The first-order valence-electron chi connectivity index (χ1n) is 8.13. The average Bonchev–Trinajstić information content (AvgIpc) is 2.90. The lowest BCUT2D eigenvalue weighted by atomic mass is 10.1. The molecule has 3 rings (SSSR count). The summed E-state index contributed by atoms with van der Waals surface area (Å²) in [5.74, 6) is 0.842. The van der Waals surface area contributed by atoms with Gasteiger partial charge in [-0.1, -0.05) is 30.2 Å². The molecule has 120 valence electrons. The molecule has 1 aromatic carbocycles. The summed E-state index contributed by atoms with van der Waals surface area (Å²) in [7, 11) is 0. The lowest BCUT2D eigenvalue weighted by molar-refractivity contribution is -0.128. The first kappa shape index (κ1) is 16.2. The SMILES string of the molecule is O=C1CSC(c2cccc(Cl)c2)N1CCCN1CCCCC1. The Kier molecular flexibility index (Phi) is 5.66. The van der Waals surface area contributed by atoms with E-state index < -0.39 is 0 Å². The van der Waals surface area contributed by atoms with Crippen molar-refractivity contribution in [3.63, 3.8) is 0 Å². The lowest BCUT2D eigenvalue weighted by Gasteiger charge is -2.29. The quantitative estimate of drug-likeness (QED) is 0.816. The van der Waals surface area contributed by atoms with E-state index in [0.29, 0.717) is 5.75 Å². The number of nitrogens with zero attached hydrogens (tertiary/aromatic N) is 2. The summed E-state index contributed by atoms with van der Waals surface area (Å²) < 4.78 is 0. The molecule has 1 amide bonds. The molecule has 0 saturated carbocycles. The van der Waals surface area contributed by atoms with Crippen LogP contribution in [-0.4, -0.2) is 47.6 Å². The zero-order valence-electron chi connectivity index (χ0n) is 12.8. The molecule has 0 aliphatic carbocycles. The van der Waals surface area contributed by atoms with E-state index in [1.165, 1.54) is 32.4 Å². The van der Waals surface area contributed by atoms with Crippen LogP contribution in [0.1, 0.15) is 36.6 Å². The number of likely N-dealkylation sites (tertiary alicyclic amines) is 1. The zero-order valence-corrected chi connectivity index (χ0v) is 14.4. The minimum absolute atomic E-state index is 0.132. The molecule has 0 radical (unpaired) electrons. The number of carbonyl (C=O) groups is 1. The standard InChI is InChI=1S/C17H23ClN2OS/c18-15-7-4-6-14(12-15)17-20(16(21)13-22-17)11-5-10-19-8-2-1-3-9-19/h4,6-7,12,17H,1-3,5,8-11,13H2. The molecule has 0 bridgehead atoms. The summed E-state index contributed by atoms with van der Waals surface area (Å²) in [5, 5.41) is 0.873.